The number of hydrogen-bond donors (Lipinski definition) is 0. The molecule has 0 aliphatic rings. The van der Waals surface area contributed by atoms with Gasteiger partial charge in [0.2, 0.25) is 5.91 Å². The van der Waals surface area contributed by atoms with Gasteiger partial charge in [-0.3, -0.25) is 14.9 Å². The number of hydrogen-bond acceptors (Lipinski definition) is 5. The van der Waals surface area contributed by atoms with Gasteiger partial charge in [0, 0.05) is 18.1 Å². The number of benzene rings is 2. The van der Waals surface area contributed by atoms with Crippen LogP contribution in [-0.2, 0) is 17.8 Å². The number of carbonyl (C=O) groups excluding carboxylic acids is 1. The van der Waals surface area contributed by atoms with Crippen LogP contribution in [0.5, 0.6) is 11.5 Å². The monoisotopic (exact) mass is 426 g/mol. The van der Waals surface area contributed by atoms with Crippen molar-refractivity contribution >= 4 is 11.6 Å². The Balaban J connectivity index is 2.22. The maximum absolute atomic E-state index is 13.0. The van der Waals surface area contributed by atoms with E-state index >= 15 is 0 Å². The van der Waals surface area contributed by atoms with Gasteiger partial charge in [-0.05, 0) is 18.1 Å². The van der Waals surface area contributed by atoms with Crippen molar-refractivity contribution in [2.24, 2.45) is 0 Å². The molecule has 0 N–H and O–H groups in total. The molecule has 0 spiro atoms. The highest BCUT2D eigenvalue weighted by Gasteiger charge is 2.33. The largest absolute Gasteiger partial charge is 0.493 e. The van der Waals surface area contributed by atoms with E-state index < -0.39 is 30.1 Å². The van der Waals surface area contributed by atoms with Crippen LogP contribution in [0.1, 0.15) is 17.5 Å². The van der Waals surface area contributed by atoms with Crippen molar-refractivity contribution in [3.8, 4) is 11.5 Å². The van der Waals surface area contributed by atoms with Crippen molar-refractivity contribution < 1.29 is 32.4 Å². The molecule has 0 saturated heterocycles. The number of nitro benzene ring substituents is 1. The standard InChI is InChI=1S/C20H21F3N2O5/c1-29-17-9-5-7-14(19(17)30-2)10-11-18(26)24(13-20(21,22)23)12-15-6-3-4-8-16(15)25(27)28/h3-9H,10-13H2,1-2H3. The molecule has 0 bridgehead atoms. The third-order valence-electron chi connectivity index (χ3n) is 4.37. The number of amides is 1. The van der Waals surface area contributed by atoms with E-state index in [1.54, 1.807) is 18.2 Å². The number of alkyl halides is 3. The molecule has 0 unspecified atom stereocenters. The van der Waals surface area contributed by atoms with Crippen LogP contribution >= 0.6 is 0 Å². The van der Waals surface area contributed by atoms with Gasteiger partial charge in [0.25, 0.3) is 5.69 Å². The highest BCUT2D eigenvalue weighted by molar-refractivity contribution is 5.77. The van der Waals surface area contributed by atoms with Crippen molar-refractivity contribution in [2.45, 2.75) is 25.6 Å². The molecule has 2 rings (SSSR count). The van der Waals surface area contributed by atoms with Crippen LogP contribution in [0.4, 0.5) is 18.9 Å². The molecule has 0 radical (unpaired) electrons. The summed E-state index contributed by atoms with van der Waals surface area (Å²) in [7, 11) is 2.87. The van der Waals surface area contributed by atoms with Gasteiger partial charge in [-0.2, -0.15) is 13.2 Å². The summed E-state index contributed by atoms with van der Waals surface area (Å²) < 4.78 is 49.6. The first kappa shape index (κ1) is 23.0. The Morgan fingerprint density at radius 3 is 2.33 bits per heavy atom. The van der Waals surface area contributed by atoms with Gasteiger partial charge >= 0.3 is 6.18 Å². The molecule has 0 fully saturated rings. The van der Waals surface area contributed by atoms with Gasteiger partial charge in [0.1, 0.15) is 6.54 Å². The number of ether oxygens (including phenoxy) is 2. The molecule has 2 aromatic rings. The lowest BCUT2D eigenvalue weighted by Gasteiger charge is -2.24. The van der Waals surface area contributed by atoms with Crippen LogP contribution in [0, 0.1) is 10.1 Å². The van der Waals surface area contributed by atoms with E-state index in [0.717, 1.165) is 0 Å². The maximum Gasteiger partial charge on any atom is 0.406 e. The molecular formula is C20H21F3N2O5. The predicted molar refractivity (Wildman–Crippen MR) is 102 cm³/mol. The van der Waals surface area contributed by atoms with Crippen LogP contribution < -0.4 is 9.47 Å². The lowest BCUT2D eigenvalue weighted by molar-refractivity contribution is -0.385. The Morgan fingerprint density at radius 2 is 1.73 bits per heavy atom. The number of aryl methyl sites for hydroxylation is 1. The molecule has 30 heavy (non-hydrogen) atoms. The minimum absolute atomic E-state index is 0.0269. The molecule has 7 nitrogen and oxygen atoms in total. The minimum atomic E-state index is -4.65. The minimum Gasteiger partial charge on any atom is -0.493 e. The molecule has 10 heteroatoms. The van der Waals surface area contributed by atoms with E-state index in [0.29, 0.717) is 22.0 Å². The third-order valence-corrected chi connectivity index (χ3v) is 4.37. The van der Waals surface area contributed by atoms with Crippen molar-refractivity contribution in [2.75, 3.05) is 20.8 Å². The topological polar surface area (TPSA) is 81.9 Å². The van der Waals surface area contributed by atoms with Gasteiger partial charge in [-0.1, -0.05) is 30.3 Å². The Kier molecular flexibility index (Phi) is 7.62. The van der Waals surface area contributed by atoms with Crippen molar-refractivity contribution in [3.63, 3.8) is 0 Å². The van der Waals surface area contributed by atoms with Crippen LogP contribution in [0.25, 0.3) is 0 Å². The van der Waals surface area contributed by atoms with Gasteiger partial charge < -0.3 is 14.4 Å². The number of nitrogens with zero attached hydrogens (tertiary/aromatic N) is 2. The van der Waals surface area contributed by atoms with Crippen LogP contribution in [0.3, 0.4) is 0 Å². The zero-order valence-corrected chi connectivity index (χ0v) is 16.4. The summed E-state index contributed by atoms with van der Waals surface area (Å²) in [6.45, 7) is -2.03. The van der Waals surface area contributed by atoms with Gasteiger partial charge in [-0.25, -0.2) is 0 Å². The molecule has 0 saturated carbocycles. The Morgan fingerprint density at radius 1 is 1.07 bits per heavy atom. The van der Waals surface area contributed by atoms with Crippen LogP contribution in [0.15, 0.2) is 42.5 Å². The number of nitro groups is 1. The lowest BCUT2D eigenvalue weighted by atomic mass is 10.1. The van der Waals surface area contributed by atoms with E-state index in [-0.39, 0.29) is 24.1 Å². The maximum atomic E-state index is 13.0. The number of carbonyl (C=O) groups is 1. The molecule has 0 aromatic heterocycles. The summed E-state index contributed by atoms with van der Waals surface area (Å²) in [5, 5.41) is 11.2. The molecular weight excluding hydrogens is 405 g/mol. The van der Waals surface area contributed by atoms with Crippen molar-refractivity contribution in [1.29, 1.82) is 0 Å². The molecule has 2 aromatic carbocycles. The summed E-state index contributed by atoms with van der Waals surface area (Å²) in [5.41, 5.74) is 0.286. The van der Waals surface area contributed by atoms with Crippen molar-refractivity contribution in [3.05, 3.63) is 63.7 Å². The van der Waals surface area contributed by atoms with Gasteiger partial charge in [0.15, 0.2) is 11.5 Å². The van der Waals surface area contributed by atoms with E-state index in [9.17, 15) is 28.1 Å². The molecule has 0 aliphatic carbocycles. The fourth-order valence-electron chi connectivity index (χ4n) is 3.03. The first-order valence-corrected chi connectivity index (χ1v) is 8.93. The first-order valence-electron chi connectivity index (χ1n) is 8.93. The molecule has 1 amide bonds. The van der Waals surface area contributed by atoms with E-state index in [2.05, 4.69) is 0 Å². The van der Waals surface area contributed by atoms with Gasteiger partial charge in [0.05, 0.1) is 25.7 Å². The third kappa shape index (κ3) is 6.10. The number of para-hydroxylation sites is 2. The lowest BCUT2D eigenvalue weighted by Crippen LogP contribution is -2.38. The Labute approximate surface area is 171 Å². The number of rotatable bonds is 9. The average molecular weight is 426 g/mol. The zero-order valence-electron chi connectivity index (χ0n) is 16.4. The van der Waals surface area contributed by atoms with Crippen LogP contribution in [-0.4, -0.2) is 42.7 Å². The van der Waals surface area contributed by atoms with Crippen LogP contribution in [0.2, 0.25) is 0 Å². The highest BCUT2D eigenvalue weighted by Crippen LogP contribution is 2.32. The van der Waals surface area contributed by atoms with E-state index in [1.165, 1.54) is 38.5 Å². The summed E-state index contributed by atoms with van der Waals surface area (Å²) in [5.74, 6) is 0.0544. The Bertz CT molecular complexity index is 902. The molecule has 162 valence electrons. The van der Waals surface area contributed by atoms with Crippen molar-refractivity contribution in [1.82, 2.24) is 4.90 Å². The highest BCUT2D eigenvalue weighted by atomic mass is 19.4. The summed E-state index contributed by atoms with van der Waals surface area (Å²) in [6.07, 6.45) is -4.77. The average Bonchev–Trinajstić information content (AvgIpc) is 2.70. The summed E-state index contributed by atoms with van der Waals surface area (Å²) in [4.78, 5) is 23.7. The quantitative estimate of drug-likeness (QED) is 0.445. The smallest absolute Gasteiger partial charge is 0.406 e. The molecule has 0 atom stereocenters. The Hall–Kier alpha value is -3.30. The van der Waals surface area contributed by atoms with E-state index in [1.807, 2.05) is 0 Å². The zero-order chi connectivity index (χ0) is 22.3. The molecule has 0 aliphatic heterocycles. The SMILES string of the molecule is COc1cccc(CCC(=O)N(Cc2ccccc2[N+](=O)[O-])CC(F)(F)F)c1OC. The second kappa shape index (κ2) is 9.95. The fraction of sp³-hybridized carbons (Fsp3) is 0.350. The first-order chi connectivity index (χ1) is 14.2. The summed E-state index contributed by atoms with van der Waals surface area (Å²) >= 11 is 0. The summed E-state index contributed by atoms with van der Waals surface area (Å²) in [6, 6.07) is 10.4. The number of halogens is 3. The normalized spacial score (nSPS) is 11.1. The van der Waals surface area contributed by atoms with E-state index in [4.69, 9.17) is 9.47 Å². The predicted octanol–water partition coefficient (Wildman–Crippen LogP) is 4.14. The fourth-order valence-corrected chi connectivity index (χ4v) is 3.03. The number of methoxy groups -OCH3 is 2. The van der Waals surface area contributed by atoms with Gasteiger partial charge in [-0.15, -0.1) is 0 Å². The second-order valence-corrected chi connectivity index (χ2v) is 6.40. The second-order valence-electron chi connectivity index (χ2n) is 6.40. The molecule has 0 heterocycles.